The Morgan fingerprint density at radius 3 is 2.07 bits per heavy atom. The fourth-order valence-electron chi connectivity index (χ4n) is 12.5. The lowest BCUT2D eigenvalue weighted by Gasteiger charge is -2.42. The Hall–Kier alpha value is -8.25. The standard InChI is InChI=1S/C68H52N4S/c1-43(73)56-42-67(2,52-33-29-45-17-7-8-19-49(45)39-52)38-37-62(56)71-63-35-31-51(41-58(63)68(3)57-22-12-9-18-47(57)32-36-64(68)71)50-30-34-61-55(40-50)53-20-11-14-24-60(53)72(61)66-69-59-23-13-10-21-54(59)65(70-66)48-27-25-46(26-28-48)44-15-5-4-6-16-44/h4-41,43,64,73H,42H2,1-3H3. The highest BCUT2D eigenvalue weighted by molar-refractivity contribution is 7.81. The van der Waals surface area contributed by atoms with Gasteiger partial charge >= 0.3 is 0 Å². The van der Waals surface area contributed by atoms with Crippen LogP contribution >= 0.6 is 12.6 Å². The molecular weight excluding hydrogens is 905 g/mol. The van der Waals surface area contributed by atoms with Crippen LogP contribution < -0.4 is 4.90 Å². The van der Waals surface area contributed by atoms with Gasteiger partial charge in [-0.3, -0.25) is 4.57 Å². The van der Waals surface area contributed by atoms with Crippen LogP contribution in [0.3, 0.4) is 0 Å². The van der Waals surface area contributed by atoms with Gasteiger partial charge in [0.2, 0.25) is 5.95 Å². The van der Waals surface area contributed by atoms with Gasteiger partial charge in [0.15, 0.2) is 0 Å². The highest BCUT2D eigenvalue weighted by atomic mass is 32.1. The number of thiol groups is 1. The molecule has 0 fully saturated rings. The average Bonchev–Trinajstić information content (AvgIpc) is 3.92. The van der Waals surface area contributed by atoms with Crippen molar-refractivity contribution in [2.75, 3.05) is 4.90 Å². The molecule has 11 aromatic rings. The Morgan fingerprint density at radius 2 is 1.22 bits per heavy atom. The second-order valence-electron chi connectivity index (χ2n) is 20.7. The number of allylic oxidation sites excluding steroid dienone is 2. The number of aromatic nitrogens is 3. The van der Waals surface area contributed by atoms with E-state index in [1.54, 1.807) is 0 Å². The molecule has 0 saturated heterocycles. The summed E-state index contributed by atoms with van der Waals surface area (Å²) in [6.45, 7) is 7.09. The maximum absolute atomic E-state index is 5.42. The largest absolute Gasteiger partial charge is 0.333 e. The Kier molecular flexibility index (Phi) is 9.93. The van der Waals surface area contributed by atoms with Crippen LogP contribution in [0, 0.1) is 0 Å². The third kappa shape index (κ3) is 6.82. The Labute approximate surface area is 431 Å². The fraction of sp³-hybridized carbons (Fsp3) is 0.118. The van der Waals surface area contributed by atoms with Crippen molar-refractivity contribution in [1.82, 2.24) is 14.5 Å². The number of rotatable bonds is 7. The molecule has 4 nitrogen and oxygen atoms in total. The molecule has 350 valence electrons. The average molecular weight is 957 g/mol. The van der Waals surface area contributed by atoms with Crippen molar-refractivity contribution in [3.63, 3.8) is 0 Å². The van der Waals surface area contributed by atoms with Crippen LogP contribution in [0.15, 0.2) is 236 Å². The van der Waals surface area contributed by atoms with E-state index in [2.05, 4.69) is 261 Å². The van der Waals surface area contributed by atoms with Crippen LogP contribution in [0.2, 0.25) is 0 Å². The van der Waals surface area contributed by atoms with Crippen molar-refractivity contribution in [2.45, 2.75) is 49.3 Å². The Morgan fingerprint density at radius 1 is 0.548 bits per heavy atom. The second-order valence-corrected chi connectivity index (χ2v) is 21.5. The highest BCUT2D eigenvalue weighted by Crippen LogP contribution is 2.56. The lowest BCUT2D eigenvalue weighted by atomic mass is 9.68. The molecule has 2 aromatic heterocycles. The number of para-hydroxylation sites is 2. The van der Waals surface area contributed by atoms with Crippen molar-refractivity contribution in [2.24, 2.45) is 0 Å². The molecule has 14 rings (SSSR count). The van der Waals surface area contributed by atoms with E-state index in [9.17, 15) is 0 Å². The summed E-state index contributed by atoms with van der Waals surface area (Å²) in [6.07, 6.45) is 10.5. The number of hydrogen-bond donors (Lipinski definition) is 1. The van der Waals surface area contributed by atoms with Crippen molar-refractivity contribution >= 4 is 67.9 Å². The van der Waals surface area contributed by atoms with E-state index >= 15 is 0 Å². The third-order valence-electron chi connectivity index (χ3n) is 16.4. The molecular formula is C68H52N4S. The van der Waals surface area contributed by atoms with Gasteiger partial charge in [-0.15, -0.1) is 0 Å². The van der Waals surface area contributed by atoms with Gasteiger partial charge in [-0.2, -0.15) is 12.6 Å². The SMILES string of the molecule is CC(S)C1=C(N2c3ccc(-c4ccc5c(c4)c4ccccc4n5-c4nc(-c5ccc(-c6ccccc6)cc5)c5ccccc5n4)cc3C3(C)c4ccccc4C=CC23)C=CC(C)(c2ccc3ccccc3c2)C1. The van der Waals surface area contributed by atoms with Crippen molar-refractivity contribution in [1.29, 1.82) is 0 Å². The van der Waals surface area contributed by atoms with Gasteiger partial charge in [0.05, 0.1) is 28.3 Å². The lowest BCUT2D eigenvalue weighted by molar-refractivity contribution is 0.516. The normalized spacial score (nSPS) is 19.5. The Balaban J connectivity index is 0.889. The van der Waals surface area contributed by atoms with E-state index in [1.165, 1.54) is 72.2 Å². The lowest BCUT2D eigenvalue weighted by Crippen LogP contribution is -2.44. The first-order chi connectivity index (χ1) is 35.7. The maximum Gasteiger partial charge on any atom is 0.235 e. The maximum atomic E-state index is 5.42. The minimum absolute atomic E-state index is 0.0566. The second kappa shape index (κ2) is 16.7. The molecule has 0 bridgehead atoms. The van der Waals surface area contributed by atoms with Gasteiger partial charge in [-0.1, -0.05) is 195 Å². The molecule has 5 heteroatoms. The summed E-state index contributed by atoms with van der Waals surface area (Å²) in [5, 5.41) is 5.95. The van der Waals surface area contributed by atoms with E-state index in [-0.39, 0.29) is 22.1 Å². The number of benzene rings is 9. The summed E-state index contributed by atoms with van der Waals surface area (Å²) in [6, 6.07) is 75.1. The summed E-state index contributed by atoms with van der Waals surface area (Å²) in [5.41, 5.74) is 18.4. The van der Waals surface area contributed by atoms with Crippen LogP contribution in [0.1, 0.15) is 49.4 Å². The van der Waals surface area contributed by atoms with E-state index in [1.807, 2.05) is 0 Å². The van der Waals surface area contributed by atoms with E-state index in [0.29, 0.717) is 5.95 Å². The van der Waals surface area contributed by atoms with Gasteiger partial charge in [0, 0.05) is 49.2 Å². The molecule has 0 N–H and O–H groups in total. The number of fused-ring (bicyclic) bond motifs is 10. The van der Waals surface area contributed by atoms with Gasteiger partial charge in [-0.05, 0) is 124 Å². The molecule has 4 unspecified atom stereocenters. The van der Waals surface area contributed by atoms with Gasteiger partial charge < -0.3 is 4.90 Å². The number of hydrogen-bond acceptors (Lipinski definition) is 4. The van der Waals surface area contributed by atoms with Crippen LogP contribution in [-0.2, 0) is 10.8 Å². The number of nitrogens with zero attached hydrogens (tertiary/aromatic N) is 4. The molecule has 73 heavy (non-hydrogen) atoms. The summed E-state index contributed by atoms with van der Waals surface area (Å²) in [7, 11) is 0. The highest BCUT2D eigenvalue weighted by Gasteiger charge is 2.51. The first kappa shape index (κ1) is 43.5. The van der Waals surface area contributed by atoms with Crippen molar-refractivity contribution in [3.8, 4) is 39.5 Å². The predicted octanol–water partition coefficient (Wildman–Crippen LogP) is 16.9. The summed E-state index contributed by atoms with van der Waals surface area (Å²) in [4.78, 5) is 13.3. The molecule has 0 saturated carbocycles. The number of anilines is 1. The predicted molar refractivity (Wildman–Crippen MR) is 309 cm³/mol. The monoisotopic (exact) mass is 956 g/mol. The Bertz CT molecular complexity index is 4140. The molecule has 1 aliphatic heterocycles. The topological polar surface area (TPSA) is 34.0 Å². The smallest absolute Gasteiger partial charge is 0.235 e. The first-order valence-corrected chi connectivity index (χ1v) is 26.0. The minimum atomic E-state index is -0.325. The molecule has 0 spiro atoms. The van der Waals surface area contributed by atoms with Crippen molar-refractivity contribution < 1.29 is 0 Å². The fourth-order valence-corrected chi connectivity index (χ4v) is 12.8. The quantitative estimate of drug-likeness (QED) is 0.162. The summed E-state index contributed by atoms with van der Waals surface area (Å²) >= 11 is 5.25. The van der Waals surface area contributed by atoms with Crippen LogP contribution in [0.25, 0.3) is 89.0 Å². The van der Waals surface area contributed by atoms with Crippen LogP contribution in [0.5, 0.6) is 0 Å². The molecule has 3 aliphatic rings. The van der Waals surface area contributed by atoms with E-state index in [4.69, 9.17) is 22.6 Å². The van der Waals surface area contributed by atoms with Gasteiger partial charge in [-0.25, -0.2) is 9.97 Å². The zero-order chi connectivity index (χ0) is 49.0. The van der Waals surface area contributed by atoms with Gasteiger partial charge in [0.1, 0.15) is 0 Å². The minimum Gasteiger partial charge on any atom is -0.333 e. The molecule has 4 atom stereocenters. The zero-order valence-electron chi connectivity index (χ0n) is 41.0. The molecule has 3 heterocycles. The summed E-state index contributed by atoms with van der Waals surface area (Å²) in [5.74, 6) is 0.652. The molecule has 0 radical (unpaired) electrons. The van der Waals surface area contributed by atoms with E-state index in [0.717, 1.165) is 50.4 Å². The zero-order valence-corrected chi connectivity index (χ0v) is 41.9. The first-order valence-electron chi connectivity index (χ1n) is 25.5. The molecule has 0 amide bonds. The van der Waals surface area contributed by atoms with Crippen molar-refractivity contribution in [3.05, 3.63) is 258 Å². The van der Waals surface area contributed by atoms with Crippen LogP contribution in [0.4, 0.5) is 5.69 Å². The third-order valence-corrected chi connectivity index (χ3v) is 16.7. The van der Waals surface area contributed by atoms with Gasteiger partial charge in [0.25, 0.3) is 0 Å². The molecule has 9 aromatic carbocycles. The van der Waals surface area contributed by atoms with E-state index < -0.39 is 0 Å². The summed E-state index contributed by atoms with van der Waals surface area (Å²) < 4.78 is 2.25. The van der Waals surface area contributed by atoms with Crippen LogP contribution in [-0.4, -0.2) is 25.8 Å². The molecule has 2 aliphatic carbocycles.